The van der Waals surface area contributed by atoms with Gasteiger partial charge in [0, 0.05) is 16.8 Å². The van der Waals surface area contributed by atoms with Crippen LogP contribution in [0.4, 0.5) is 0 Å². The molecule has 1 aliphatic carbocycles. The SMILES string of the molecule is Cc1ccc(-c2cc(C3(CN)CC3)cs2)cc1C. The Morgan fingerprint density at radius 3 is 2.56 bits per heavy atom. The van der Waals surface area contributed by atoms with Gasteiger partial charge in [-0.25, -0.2) is 0 Å². The molecule has 2 heteroatoms. The fourth-order valence-electron chi connectivity index (χ4n) is 2.42. The maximum atomic E-state index is 5.90. The van der Waals surface area contributed by atoms with Crippen LogP contribution in [0.1, 0.15) is 29.5 Å². The van der Waals surface area contributed by atoms with Crippen LogP contribution in [0.2, 0.25) is 0 Å². The van der Waals surface area contributed by atoms with Crippen molar-refractivity contribution in [1.82, 2.24) is 0 Å². The lowest BCUT2D eigenvalue weighted by atomic mass is 9.98. The zero-order valence-electron chi connectivity index (χ0n) is 11.0. The van der Waals surface area contributed by atoms with Gasteiger partial charge in [-0.3, -0.25) is 0 Å². The Hall–Kier alpha value is -1.12. The number of hydrogen-bond donors (Lipinski definition) is 1. The lowest BCUT2D eigenvalue weighted by Gasteiger charge is -2.08. The van der Waals surface area contributed by atoms with Crippen LogP contribution in [0, 0.1) is 13.8 Å². The van der Waals surface area contributed by atoms with Gasteiger partial charge in [0.2, 0.25) is 0 Å². The van der Waals surface area contributed by atoms with E-state index in [4.69, 9.17) is 5.73 Å². The quantitative estimate of drug-likeness (QED) is 0.883. The van der Waals surface area contributed by atoms with Crippen LogP contribution in [0.5, 0.6) is 0 Å². The van der Waals surface area contributed by atoms with E-state index >= 15 is 0 Å². The largest absolute Gasteiger partial charge is 0.330 e. The minimum Gasteiger partial charge on any atom is -0.330 e. The zero-order valence-corrected chi connectivity index (χ0v) is 11.8. The highest BCUT2D eigenvalue weighted by atomic mass is 32.1. The summed E-state index contributed by atoms with van der Waals surface area (Å²) >= 11 is 1.84. The smallest absolute Gasteiger partial charge is 0.0345 e. The summed E-state index contributed by atoms with van der Waals surface area (Å²) in [5.74, 6) is 0. The van der Waals surface area contributed by atoms with Gasteiger partial charge < -0.3 is 5.73 Å². The highest BCUT2D eigenvalue weighted by Gasteiger charge is 2.43. The first-order valence-electron chi connectivity index (χ1n) is 6.51. The van der Waals surface area contributed by atoms with E-state index in [-0.39, 0.29) is 0 Å². The van der Waals surface area contributed by atoms with Crippen LogP contribution in [-0.4, -0.2) is 6.54 Å². The fraction of sp³-hybridized carbons (Fsp3) is 0.375. The highest BCUT2D eigenvalue weighted by Crippen LogP contribution is 2.49. The maximum absolute atomic E-state index is 5.90. The summed E-state index contributed by atoms with van der Waals surface area (Å²) in [5.41, 5.74) is 11.7. The van der Waals surface area contributed by atoms with Crippen molar-refractivity contribution in [1.29, 1.82) is 0 Å². The third kappa shape index (κ3) is 1.90. The number of benzene rings is 1. The van der Waals surface area contributed by atoms with Gasteiger partial charge in [-0.2, -0.15) is 0 Å². The van der Waals surface area contributed by atoms with Crippen LogP contribution >= 0.6 is 11.3 Å². The summed E-state index contributed by atoms with van der Waals surface area (Å²) in [6.45, 7) is 5.12. The predicted octanol–water partition coefficient (Wildman–Crippen LogP) is 4.02. The maximum Gasteiger partial charge on any atom is 0.0345 e. The molecular formula is C16H19NS. The van der Waals surface area contributed by atoms with Crippen LogP contribution in [0.15, 0.2) is 29.6 Å². The first kappa shape index (κ1) is 11.9. The van der Waals surface area contributed by atoms with E-state index in [1.54, 1.807) is 0 Å². The van der Waals surface area contributed by atoms with Gasteiger partial charge in [-0.1, -0.05) is 18.2 Å². The molecule has 0 saturated heterocycles. The molecule has 1 saturated carbocycles. The summed E-state index contributed by atoms with van der Waals surface area (Å²) in [5, 5.41) is 2.30. The molecule has 0 spiro atoms. The highest BCUT2D eigenvalue weighted by molar-refractivity contribution is 7.13. The Labute approximate surface area is 113 Å². The van der Waals surface area contributed by atoms with Gasteiger partial charge in [-0.15, -0.1) is 11.3 Å². The Balaban J connectivity index is 1.95. The van der Waals surface area contributed by atoms with Crippen molar-refractivity contribution < 1.29 is 0 Å². The zero-order chi connectivity index (χ0) is 12.8. The number of hydrogen-bond acceptors (Lipinski definition) is 2. The van der Waals surface area contributed by atoms with E-state index in [2.05, 4.69) is 43.5 Å². The third-order valence-corrected chi connectivity index (χ3v) is 5.23. The molecule has 18 heavy (non-hydrogen) atoms. The topological polar surface area (TPSA) is 26.0 Å². The molecule has 0 bridgehead atoms. The van der Waals surface area contributed by atoms with Crippen LogP contribution < -0.4 is 5.73 Å². The van der Waals surface area contributed by atoms with Gasteiger partial charge in [0.25, 0.3) is 0 Å². The molecule has 94 valence electrons. The average Bonchev–Trinajstić information content (AvgIpc) is 3.02. The molecule has 0 radical (unpaired) electrons. The van der Waals surface area contributed by atoms with E-state index in [1.807, 2.05) is 11.3 Å². The van der Waals surface area contributed by atoms with Crippen molar-refractivity contribution >= 4 is 11.3 Å². The van der Waals surface area contributed by atoms with Crippen LogP contribution in [0.25, 0.3) is 10.4 Å². The number of nitrogens with two attached hydrogens (primary N) is 1. The summed E-state index contributed by atoms with van der Waals surface area (Å²) in [6, 6.07) is 9.06. The molecule has 3 rings (SSSR count). The number of thiophene rings is 1. The molecule has 0 atom stereocenters. The standard InChI is InChI=1S/C16H19NS/c1-11-3-4-13(7-12(11)2)15-8-14(9-18-15)16(10-17)5-6-16/h3-4,7-9H,5-6,10,17H2,1-2H3. The molecule has 2 aromatic rings. The minimum atomic E-state index is 0.314. The Morgan fingerprint density at radius 2 is 1.94 bits per heavy atom. The van der Waals surface area contributed by atoms with E-state index < -0.39 is 0 Å². The molecule has 1 heterocycles. The molecule has 0 unspecified atom stereocenters. The van der Waals surface area contributed by atoms with Gasteiger partial charge in [0.15, 0.2) is 0 Å². The summed E-state index contributed by atoms with van der Waals surface area (Å²) in [4.78, 5) is 1.37. The Bertz CT molecular complexity index is 579. The minimum absolute atomic E-state index is 0.314. The molecule has 1 aromatic heterocycles. The lowest BCUT2D eigenvalue weighted by Crippen LogP contribution is -2.18. The van der Waals surface area contributed by atoms with Gasteiger partial charge in [-0.05, 0) is 60.4 Å². The number of rotatable bonds is 3. The molecule has 1 nitrogen and oxygen atoms in total. The van der Waals surface area contributed by atoms with Crippen molar-refractivity contribution in [3.63, 3.8) is 0 Å². The van der Waals surface area contributed by atoms with E-state index in [1.165, 1.54) is 40.0 Å². The van der Waals surface area contributed by atoms with Crippen molar-refractivity contribution in [3.8, 4) is 10.4 Å². The van der Waals surface area contributed by atoms with Gasteiger partial charge in [0.05, 0.1) is 0 Å². The van der Waals surface area contributed by atoms with Gasteiger partial charge in [0.1, 0.15) is 0 Å². The van der Waals surface area contributed by atoms with Crippen molar-refractivity contribution in [2.75, 3.05) is 6.54 Å². The summed E-state index contributed by atoms with van der Waals surface area (Å²) < 4.78 is 0. The molecule has 1 aromatic carbocycles. The molecular weight excluding hydrogens is 238 g/mol. The normalized spacial score (nSPS) is 16.8. The Kier molecular flexibility index (Phi) is 2.80. The number of aryl methyl sites for hydroxylation is 2. The van der Waals surface area contributed by atoms with Crippen molar-refractivity contribution in [3.05, 3.63) is 46.3 Å². The van der Waals surface area contributed by atoms with Crippen molar-refractivity contribution in [2.24, 2.45) is 5.73 Å². The third-order valence-electron chi connectivity index (χ3n) is 4.25. The fourth-order valence-corrected chi connectivity index (χ4v) is 3.45. The van der Waals surface area contributed by atoms with E-state index in [0.717, 1.165) is 6.54 Å². The molecule has 0 amide bonds. The molecule has 0 aliphatic heterocycles. The second-order valence-electron chi connectivity index (χ2n) is 5.48. The second-order valence-corrected chi connectivity index (χ2v) is 6.39. The summed E-state index contributed by atoms with van der Waals surface area (Å²) in [7, 11) is 0. The van der Waals surface area contributed by atoms with E-state index in [9.17, 15) is 0 Å². The lowest BCUT2D eigenvalue weighted by molar-refractivity contribution is 0.708. The monoisotopic (exact) mass is 257 g/mol. The molecule has 2 N–H and O–H groups in total. The molecule has 1 aliphatic rings. The predicted molar refractivity (Wildman–Crippen MR) is 79.2 cm³/mol. The van der Waals surface area contributed by atoms with E-state index in [0.29, 0.717) is 5.41 Å². The Morgan fingerprint density at radius 1 is 1.17 bits per heavy atom. The average molecular weight is 257 g/mol. The second kappa shape index (κ2) is 4.22. The van der Waals surface area contributed by atoms with Crippen molar-refractivity contribution in [2.45, 2.75) is 32.1 Å². The van der Waals surface area contributed by atoms with Crippen LogP contribution in [0.3, 0.4) is 0 Å². The first-order valence-corrected chi connectivity index (χ1v) is 7.39. The van der Waals surface area contributed by atoms with Crippen LogP contribution in [-0.2, 0) is 5.41 Å². The summed E-state index contributed by atoms with van der Waals surface area (Å²) in [6.07, 6.45) is 2.51. The first-order chi connectivity index (χ1) is 8.64. The van der Waals surface area contributed by atoms with Gasteiger partial charge >= 0.3 is 0 Å². The molecule has 1 fully saturated rings.